The Bertz CT molecular complexity index is 2270. The third-order valence-corrected chi connectivity index (χ3v) is 11.3. The summed E-state index contributed by atoms with van der Waals surface area (Å²) in [6.07, 6.45) is 0.00563. The van der Waals surface area contributed by atoms with Gasteiger partial charge in [-0.15, -0.1) is 0 Å². The summed E-state index contributed by atoms with van der Waals surface area (Å²) in [6.45, 7) is 10.8. The molecular formula is C50H56N6O8. The smallest absolute Gasteiger partial charge is 0.408 e. The van der Waals surface area contributed by atoms with Crippen LogP contribution in [-0.2, 0) is 39.7 Å². The molecule has 14 heteroatoms. The van der Waals surface area contributed by atoms with Crippen molar-refractivity contribution in [1.82, 2.24) is 20.4 Å². The number of carbonyl (C=O) groups excluding carboxylic acids is 6. The lowest BCUT2D eigenvalue weighted by Crippen LogP contribution is -2.56. The van der Waals surface area contributed by atoms with E-state index in [0.717, 1.165) is 0 Å². The van der Waals surface area contributed by atoms with Gasteiger partial charge in [0.2, 0.25) is 11.8 Å². The zero-order chi connectivity index (χ0) is 46.5. The maximum absolute atomic E-state index is 14.4. The van der Waals surface area contributed by atoms with Gasteiger partial charge in [0.05, 0.1) is 0 Å². The van der Waals surface area contributed by atoms with Crippen molar-refractivity contribution in [3.8, 4) is 11.8 Å². The molecule has 4 aromatic rings. The first-order chi connectivity index (χ1) is 30.2. The van der Waals surface area contributed by atoms with Crippen LogP contribution in [0.15, 0.2) is 109 Å². The number of benzene rings is 4. The monoisotopic (exact) mass is 868 g/mol. The van der Waals surface area contributed by atoms with Gasteiger partial charge < -0.3 is 41.4 Å². The van der Waals surface area contributed by atoms with Gasteiger partial charge in [-0.25, -0.2) is 9.59 Å². The van der Waals surface area contributed by atoms with Crippen LogP contribution in [0.4, 0.5) is 9.59 Å². The van der Waals surface area contributed by atoms with Crippen LogP contribution >= 0.6 is 0 Å². The van der Waals surface area contributed by atoms with E-state index in [-0.39, 0.29) is 25.9 Å². The summed E-state index contributed by atoms with van der Waals surface area (Å²) in [5, 5.41) is 5.42. The molecule has 4 atom stereocenters. The molecule has 2 heterocycles. The molecule has 0 saturated carbocycles. The van der Waals surface area contributed by atoms with Gasteiger partial charge in [0.15, 0.2) is 0 Å². The molecule has 14 nitrogen and oxygen atoms in total. The Morgan fingerprint density at radius 3 is 1.17 bits per heavy atom. The van der Waals surface area contributed by atoms with E-state index in [0.29, 0.717) is 46.2 Å². The van der Waals surface area contributed by atoms with Gasteiger partial charge in [-0.05, 0) is 114 Å². The summed E-state index contributed by atoms with van der Waals surface area (Å²) in [5.74, 6) is 3.86. The number of hydrogen-bond donors (Lipinski definition) is 4. The van der Waals surface area contributed by atoms with E-state index >= 15 is 0 Å². The lowest BCUT2D eigenvalue weighted by Gasteiger charge is -2.38. The van der Waals surface area contributed by atoms with Crippen molar-refractivity contribution in [3.63, 3.8) is 0 Å². The van der Waals surface area contributed by atoms with Crippen molar-refractivity contribution in [2.24, 2.45) is 11.5 Å². The Morgan fingerprint density at radius 2 is 0.875 bits per heavy atom. The average Bonchev–Trinajstić information content (AvgIpc) is 3.91. The van der Waals surface area contributed by atoms with Gasteiger partial charge in [0.1, 0.15) is 34.4 Å². The molecule has 2 aliphatic rings. The summed E-state index contributed by atoms with van der Waals surface area (Å²) in [4.78, 5) is 84.5. The van der Waals surface area contributed by atoms with Crippen molar-refractivity contribution < 1.29 is 38.2 Å². The van der Waals surface area contributed by atoms with Crippen molar-refractivity contribution in [1.29, 1.82) is 0 Å². The van der Waals surface area contributed by atoms with E-state index in [2.05, 4.69) is 22.5 Å². The Kier molecular flexibility index (Phi) is 13.5. The van der Waals surface area contributed by atoms with Crippen LogP contribution in [0.25, 0.3) is 0 Å². The molecule has 64 heavy (non-hydrogen) atoms. The second kappa shape index (κ2) is 18.7. The molecule has 2 saturated heterocycles. The fraction of sp³-hybridized carbons (Fsp3) is 0.360. The van der Waals surface area contributed by atoms with Crippen LogP contribution < -0.4 is 22.1 Å². The van der Waals surface area contributed by atoms with E-state index in [4.69, 9.17) is 20.9 Å². The Morgan fingerprint density at radius 1 is 0.547 bits per heavy atom. The van der Waals surface area contributed by atoms with E-state index in [9.17, 15) is 28.8 Å². The van der Waals surface area contributed by atoms with Crippen LogP contribution in [-0.4, -0.2) is 69.9 Å². The highest BCUT2D eigenvalue weighted by molar-refractivity contribution is 5.96. The minimum Gasteiger partial charge on any atom is -0.444 e. The number of nitrogens with two attached hydrogens (primary N) is 2. The zero-order valence-electron chi connectivity index (χ0n) is 37.1. The van der Waals surface area contributed by atoms with Gasteiger partial charge in [-0.1, -0.05) is 96.8 Å². The number of nitrogens with one attached hydrogen (secondary N) is 2. The molecule has 0 spiro atoms. The number of carbonyl (C=O) groups is 6. The Labute approximate surface area is 374 Å². The minimum atomic E-state index is -1.49. The lowest BCUT2D eigenvalue weighted by atomic mass is 9.85. The standard InChI is InChI=1S/C50H56N6O8/c1-47(2,3)63-45(61)53-39(35-15-9-7-10-16-35)41(57)55-31-13-29-49(55,43(51)59)37-25-21-33(22-26-37)19-20-34-23-27-38(28-24-34)50(44(52)60)30-14-32-56(50)42(58)40(36-17-11-8-12-18-36)54-46(62)64-48(4,5)6/h7-12,15-18,21-28,39-40H,13-14,29-32H2,1-6H3,(H2,51,59)(H2,52,60)(H,53,61)(H,54,62)/t39-,40-,49+,50+/m1/s1. The summed E-state index contributed by atoms with van der Waals surface area (Å²) in [5.41, 5.74) is 11.0. The Balaban J connectivity index is 1.23. The third-order valence-electron chi connectivity index (χ3n) is 11.3. The number of likely N-dealkylation sites (tertiary alicyclic amines) is 2. The first-order valence-electron chi connectivity index (χ1n) is 21.3. The number of amides is 6. The van der Waals surface area contributed by atoms with E-state index in [1.165, 1.54) is 9.80 Å². The minimum absolute atomic E-state index is 0.234. The van der Waals surface area contributed by atoms with Crippen molar-refractivity contribution in [2.75, 3.05) is 13.1 Å². The molecule has 0 radical (unpaired) electrons. The Hall–Kier alpha value is -7.14. The van der Waals surface area contributed by atoms with E-state index < -0.39 is 70.2 Å². The highest BCUT2D eigenvalue weighted by Crippen LogP contribution is 2.42. The third kappa shape index (κ3) is 10.0. The lowest BCUT2D eigenvalue weighted by molar-refractivity contribution is -0.146. The second-order valence-electron chi connectivity index (χ2n) is 18.0. The predicted octanol–water partition coefficient (Wildman–Crippen LogP) is 6.22. The molecule has 6 N–H and O–H groups in total. The van der Waals surface area contributed by atoms with Crippen molar-refractivity contribution in [3.05, 3.63) is 143 Å². The summed E-state index contributed by atoms with van der Waals surface area (Å²) >= 11 is 0. The summed E-state index contributed by atoms with van der Waals surface area (Å²) in [6, 6.07) is 29.1. The average molecular weight is 869 g/mol. The quantitative estimate of drug-likeness (QED) is 0.134. The largest absolute Gasteiger partial charge is 0.444 e. The molecule has 0 aromatic heterocycles. The van der Waals surface area contributed by atoms with Crippen LogP contribution in [0, 0.1) is 11.8 Å². The molecule has 0 unspecified atom stereocenters. The van der Waals surface area contributed by atoms with E-state index in [1.807, 2.05) is 0 Å². The molecule has 0 aliphatic carbocycles. The van der Waals surface area contributed by atoms with Gasteiger partial charge in [0, 0.05) is 24.2 Å². The molecule has 4 aromatic carbocycles. The van der Waals surface area contributed by atoms with Gasteiger partial charge in [0.25, 0.3) is 11.8 Å². The van der Waals surface area contributed by atoms with Crippen LogP contribution in [0.3, 0.4) is 0 Å². The number of primary amides is 2. The number of ether oxygens (including phenoxy) is 2. The molecule has 6 amide bonds. The van der Waals surface area contributed by atoms with E-state index in [1.54, 1.807) is 151 Å². The van der Waals surface area contributed by atoms with Crippen molar-refractivity contribution >= 4 is 35.8 Å². The number of hydrogen-bond acceptors (Lipinski definition) is 8. The van der Waals surface area contributed by atoms with Crippen molar-refractivity contribution in [2.45, 2.75) is 102 Å². The molecule has 2 aliphatic heterocycles. The first-order valence-corrected chi connectivity index (χ1v) is 21.3. The van der Waals surface area contributed by atoms with Gasteiger partial charge >= 0.3 is 12.2 Å². The number of alkyl carbamates (subject to hydrolysis) is 2. The van der Waals surface area contributed by atoms with Gasteiger partial charge in [-0.2, -0.15) is 0 Å². The molecule has 0 bridgehead atoms. The summed E-state index contributed by atoms with van der Waals surface area (Å²) in [7, 11) is 0. The molecule has 2 fully saturated rings. The highest BCUT2D eigenvalue weighted by Gasteiger charge is 2.53. The normalized spacial score (nSPS) is 19.3. The van der Waals surface area contributed by atoms with Crippen LogP contribution in [0.5, 0.6) is 0 Å². The maximum atomic E-state index is 14.4. The fourth-order valence-corrected chi connectivity index (χ4v) is 8.46. The topological polar surface area (TPSA) is 203 Å². The number of rotatable bonds is 10. The molecular weight excluding hydrogens is 813 g/mol. The fourth-order valence-electron chi connectivity index (χ4n) is 8.46. The molecule has 6 rings (SSSR count). The predicted molar refractivity (Wildman–Crippen MR) is 240 cm³/mol. The SMILES string of the molecule is CC(C)(C)OC(=O)N[C@@H](C(=O)N1CCC[C@@]1(C(N)=O)c1ccc(C#Cc2ccc([C@]3(C(N)=O)CCCN3C(=O)[C@H](NC(=O)OC(C)(C)C)c3ccccc3)cc2)cc1)c1ccccc1. The van der Waals surface area contributed by atoms with Crippen LogP contribution in [0.2, 0.25) is 0 Å². The van der Waals surface area contributed by atoms with Crippen LogP contribution in [0.1, 0.15) is 113 Å². The van der Waals surface area contributed by atoms with Gasteiger partial charge in [-0.3, -0.25) is 19.2 Å². The summed E-state index contributed by atoms with van der Waals surface area (Å²) < 4.78 is 11.0. The number of nitrogens with zero attached hydrogens (tertiary/aromatic N) is 2. The second-order valence-corrected chi connectivity index (χ2v) is 18.0. The molecule has 334 valence electrons. The first kappa shape index (κ1) is 46.4. The maximum Gasteiger partial charge on any atom is 0.408 e. The zero-order valence-corrected chi connectivity index (χ0v) is 37.1. The highest BCUT2D eigenvalue weighted by atomic mass is 16.6.